The van der Waals surface area contributed by atoms with Crippen molar-refractivity contribution in [1.29, 1.82) is 0 Å². The van der Waals surface area contributed by atoms with E-state index in [1.54, 1.807) is 19.1 Å². The Morgan fingerprint density at radius 2 is 1.89 bits per heavy atom. The molecule has 1 aromatic rings. The normalized spacial score (nSPS) is 15.2. The molecule has 108 valence electrons. The summed E-state index contributed by atoms with van der Waals surface area (Å²) in [5, 5.41) is 9.39. The number of ether oxygens (including phenoxy) is 1. The molecular formula is C13H21NO4S. The highest BCUT2D eigenvalue weighted by atomic mass is 32.2. The molecule has 1 aromatic carbocycles. The first-order valence-corrected chi connectivity index (χ1v) is 7.68. The van der Waals surface area contributed by atoms with Crippen LogP contribution in [0.5, 0.6) is 0 Å². The summed E-state index contributed by atoms with van der Waals surface area (Å²) >= 11 is 0. The maximum atomic E-state index is 12.1. The molecule has 0 saturated carbocycles. The average Bonchev–Trinajstić information content (AvgIpc) is 2.38. The van der Waals surface area contributed by atoms with Gasteiger partial charge in [-0.05, 0) is 31.0 Å². The van der Waals surface area contributed by atoms with Gasteiger partial charge in [-0.2, -0.15) is 0 Å². The third-order valence-electron chi connectivity index (χ3n) is 2.86. The van der Waals surface area contributed by atoms with E-state index >= 15 is 0 Å². The molecule has 0 aromatic heterocycles. The van der Waals surface area contributed by atoms with Crippen molar-refractivity contribution in [3.63, 3.8) is 0 Å². The van der Waals surface area contributed by atoms with E-state index in [1.165, 1.54) is 19.2 Å². The Kier molecular flexibility index (Phi) is 5.93. The van der Waals surface area contributed by atoms with Crippen molar-refractivity contribution in [2.45, 2.75) is 37.3 Å². The smallest absolute Gasteiger partial charge is 0.240 e. The van der Waals surface area contributed by atoms with Crippen LogP contribution in [0.15, 0.2) is 29.2 Å². The van der Waals surface area contributed by atoms with Crippen LogP contribution in [0.3, 0.4) is 0 Å². The van der Waals surface area contributed by atoms with Gasteiger partial charge >= 0.3 is 0 Å². The number of aliphatic hydroxyl groups excluding tert-OH is 1. The predicted octanol–water partition coefficient (Wildman–Crippen LogP) is 1.44. The van der Waals surface area contributed by atoms with Crippen LogP contribution in [0.4, 0.5) is 0 Å². The van der Waals surface area contributed by atoms with E-state index in [9.17, 15) is 13.5 Å². The Balaban J connectivity index is 2.87. The number of methoxy groups -OCH3 is 1. The highest BCUT2D eigenvalue weighted by molar-refractivity contribution is 7.89. The maximum Gasteiger partial charge on any atom is 0.240 e. The molecule has 0 amide bonds. The number of nitrogens with one attached hydrogen (secondary N) is 1. The van der Waals surface area contributed by atoms with Crippen molar-refractivity contribution in [3.05, 3.63) is 29.8 Å². The van der Waals surface area contributed by atoms with Gasteiger partial charge in [0, 0.05) is 13.2 Å². The predicted molar refractivity (Wildman–Crippen MR) is 73.4 cm³/mol. The minimum absolute atomic E-state index is 0.187. The van der Waals surface area contributed by atoms with Gasteiger partial charge in [0.15, 0.2) is 0 Å². The van der Waals surface area contributed by atoms with Crippen LogP contribution in [0, 0.1) is 0 Å². The van der Waals surface area contributed by atoms with Gasteiger partial charge in [0.1, 0.15) is 0 Å². The Hall–Kier alpha value is -0.950. The first-order chi connectivity index (χ1) is 8.90. The van der Waals surface area contributed by atoms with E-state index < -0.39 is 16.1 Å². The highest BCUT2D eigenvalue weighted by Gasteiger charge is 2.19. The molecule has 0 fully saturated rings. The van der Waals surface area contributed by atoms with E-state index in [0.29, 0.717) is 18.6 Å². The van der Waals surface area contributed by atoms with Gasteiger partial charge in [-0.3, -0.25) is 0 Å². The zero-order valence-corrected chi connectivity index (χ0v) is 12.3. The van der Waals surface area contributed by atoms with Crippen LogP contribution in [0.25, 0.3) is 0 Å². The number of sulfonamides is 1. The Morgan fingerprint density at radius 3 is 2.32 bits per heavy atom. The van der Waals surface area contributed by atoms with Crippen molar-refractivity contribution in [1.82, 2.24) is 4.72 Å². The average molecular weight is 287 g/mol. The second-order valence-corrected chi connectivity index (χ2v) is 6.14. The van der Waals surface area contributed by atoms with E-state index in [-0.39, 0.29) is 10.9 Å². The van der Waals surface area contributed by atoms with Gasteiger partial charge in [0.05, 0.1) is 17.6 Å². The third kappa shape index (κ3) is 4.58. The molecule has 19 heavy (non-hydrogen) atoms. The van der Waals surface area contributed by atoms with Gasteiger partial charge in [0.25, 0.3) is 0 Å². The van der Waals surface area contributed by atoms with Crippen LogP contribution < -0.4 is 4.72 Å². The molecule has 2 N–H and O–H groups in total. The summed E-state index contributed by atoms with van der Waals surface area (Å²) in [6.45, 7) is 3.86. The Morgan fingerprint density at radius 1 is 1.32 bits per heavy atom. The van der Waals surface area contributed by atoms with Gasteiger partial charge < -0.3 is 9.84 Å². The lowest BCUT2D eigenvalue weighted by Crippen LogP contribution is -2.37. The van der Waals surface area contributed by atoms with E-state index in [0.717, 1.165) is 0 Å². The molecule has 0 heterocycles. The monoisotopic (exact) mass is 287 g/mol. The standard InChI is InChI=1S/C13H21NO4S/c1-4-12(9-18-3)14-19(16,17)13-7-5-11(6-8-13)10(2)15/h5-8,10,12,14-15H,4,9H2,1-3H3. The lowest BCUT2D eigenvalue weighted by molar-refractivity contribution is 0.173. The summed E-state index contributed by atoms with van der Waals surface area (Å²) in [6, 6.07) is 5.95. The number of hydrogen-bond donors (Lipinski definition) is 2. The minimum Gasteiger partial charge on any atom is -0.389 e. The first kappa shape index (κ1) is 16.1. The molecular weight excluding hydrogens is 266 g/mol. The fourth-order valence-electron chi connectivity index (χ4n) is 1.65. The molecule has 0 bridgehead atoms. The number of benzene rings is 1. The quantitative estimate of drug-likeness (QED) is 0.796. The summed E-state index contributed by atoms with van der Waals surface area (Å²) in [5.74, 6) is 0. The molecule has 0 aliphatic carbocycles. The molecule has 0 saturated heterocycles. The second kappa shape index (κ2) is 7.00. The summed E-state index contributed by atoms with van der Waals surface area (Å²) < 4.78 is 31.8. The van der Waals surface area contributed by atoms with Crippen LogP contribution in [0.2, 0.25) is 0 Å². The van der Waals surface area contributed by atoms with Gasteiger partial charge in [-0.25, -0.2) is 13.1 Å². The second-order valence-electron chi connectivity index (χ2n) is 4.43. The van der Waals surface area contributed by atoms with Crippen molar-refractivity contribution in [3.8, 4) is 0 Å². The first-order valence-electron chi connectivity index (χ1n) is 6.20. The summed E-state index contributed by atoms with van der Waals surface area (Å²) in [7, 11) is -2.01. The lowest BCUT2D eigenvalue weighted by atomic mass is 10.1. The number of hydrogen-bond acceptors (Lipinski definition) is 4. The van der Waals surface area contributed by atoms with Crippen molar-refractivity contribution >= 4 is 10.0 Å². The van der Waals surface area contributed by atoms with E-state index in [1.807, 2.05) is 6.92 Å². The SMILES string of the molecule is CCC(COC)NS(=O)(=O)c1ccc(C(C)O)cc1. The van der Waals surface area contributed by atoms with Crippen LogP contribution in [-0.2, 0) is 14.8 Å². The van der Waals surface area contributed by atoms with Crippen molar-refractivity contribution < 1.29 is 18.3 Å². The fourth-order valence-corrected chi connectivity index (χ4v) is 2.95. The zero-order valence-electron chi connectivity index (χ0n) is 11.5. The molecule has 6 heteroatoms. The van der Waals surface area contributed by atoms with Crippen molar-refractivity contribution in [2.75, 3.05) is 13.7 Å². The van der Waals surface area contributed by atoms with Crippen molar-refractivity contribution in [2.24, 2.45) is 0 Å². The van der Waals surface area contributed by atoms with Crippen LogP contribution in [0.1, 0.15) is 31.9 Å². The third-order valence-corrected chi connectivity index (χ3v) is 4.39. The molecule has 0 radical (unpaired) electrons. The fraction of sp³-hybridized carbons (Fsp3) is 0.538. The number of aliphatic hydroxyl groups is 1. The Labute approximate surface area is 114 Å². The molecule has 0 aliphatic heterocycles. The topological polar surface area (TPSA) is 75.6 Å². The Bertz CT molecular complexity index is 482. The summed E-state index contributed by atoms with van der Waals surface area (Å²) in [4.78, 5) is 0.187. The maximum absolute atomic E-state index is 12.1. The summed E-state index contributed by atoms with van der Waals surface area (Å²) in [5.41, 5.74) is 0.683. The van der Waals surface area contributed by atoms with E-state index in [2.05, 4.69) is 4.72 Å². The van der Waals surface area contributed by atoms with Crippen LogP contribution in [-0.4, -0.2) is 33.3 Å². The molecule has 2 unspecified atom stereocenters. The van der Waals surface area contributed by atoms with E-state index in [4.69, 9.17) is 4.74 Å². The zero-order chi connectivity index (χ0) is 14.5. The van der Waals surface area contributed by atoms with Gasteiger partial charge in [-0.1, -0.05) is 19.1 Å². The molecule has 0 spiro atoms. The van der Waals surface area contributed by atoms with Crippen LogP contribution >= 0.6 is 0 Å². The minimum atomic E-state index is -3.55. The highest BCUT2D eigenvalue weighted by Crippen LogP contribution is 2.16. The van der Waals surface area contributed by atoms with Gasteiger partial charge in [-0.15, -0.1) is 0 Å². The number of rotatable bonds is 7. The molecule has 2 atom stereocenters. The summed E-state index contributed by atoms with van der Waals surface area (Å²) in [6.07, 6.45) is 0.0420. The molecule has 0 aliphatic rings. The molecule has 1 rings (SSSR count). The largest absolute Gasteiger partial charge is 0.389 e. The van der Waals surface area contributed by atoms with Gasteiger partial charge in [0.2, 0.25) is 10.0 Å². The lowest BCUT2D eigenvalue weighted by Gasteiger charge is -2.16. The molecule has 5 nitrogen and oxygen atoms in total.